The molecule has 1 N–H and O–H groups in total. The van der Waals surface area contributed by atoms with Crippen molar-refractivity contribution in [2.24, 2.45) is 5.10 Å². The van der Waals surface area contributed by atoms with Gasteiger partial charge in [0.2, 0.25) is 0 Å². The first-order valence-electron chi connectivity index (χ1n) is 8.91. The van der Waals surface area contributed by atoms with Crippen LogP contribution in [-0.2, 0) is 6.61 Å². The Labute approximate surface area is 174 Å². The molecule has 1 heterocycles. The van der Waals surface area contributed by atoms with E-state index in [0.717, 1.165) is 33.0 Å². The van der Waals surface area contributed by atoms with Crippen LogP contribution < -0.4 is 14.9 Å². The Morgan fingerprint density at radius 2 is 1.97 bits per heavy atom. The first-order chi connectivity index (χ1) is 14.0. The summed E-state index contributed by atoms with van der Waals surface area (Å²) in [4.78, 5) is 11.8. The van der Waals surface area contributed by atoms with Gasteiger partial charge in [-0.1, -0.05) is 11.6 Å². The van der Waals surface area contributed by atoms with Crippen molar-refractivity contribution in [1.82, 2.24) is 5.43 Å². The summed E-state index contributed by atoms with van der Waals surface area (Å²) in [6.07, 6.45) is 2.97. The van der Waals surface area contributed by atoms with Gasteiger partial charge in [-0.3, -0.25) is 4.79 Å². The molecule has 0 saturated carbocycles. The van der Waals surface area contributed by atoms with Gasteiger partial charge in [0.1, 0.15) is 18.1 Å². The van der Waals surface area contributed by atoms with Crippen LogP contribution in [0, 0.1) is 13.8 Å². The molecule has 0 saturated heterocycles. The number of hydrogen-bond acceptors (Lipinski definition) is 5. The van der Waals surface area contributed by atoms with Gasteiger partial charge in [-0.15, -0.1) is 0 Å². The van der Waals surface area contributed by atoms with Crippen molar-refractivity contribution < 1.29 is 18.7 Å². The Balaban J connectivity index is 1.70. The maximum Gasteiger partial charge on any atom is 0.307 e. The number of benzene rings is 2. The number of methoxy groups -OCH3 is 1. The summed E-state index contributed by atoms with van der Waals surface area (Å²) in [7, 11) is 1.60. The molecule has 150 valence electrons. The standard InChI is InChI=1S/C22H21ClN2O4/c1-14-9-18(10-15(2)21(14)23)29-13-17-11-16(6-7-19(17)27-3)12-24-25-22(26)20-5-4-8-28-20/h4-12H,13H2,1-3H3,(H,25,26)/b24-12+. The van der Waals surface area contributed by atoms with Gasteiger partial charge in [0.25, 0.3) is 0 Å². The lowest BCUT2D eigenvalue weighted by atomic mass is 10.1. The van der Waals surface area contributed by atoms with Gasteiger partial charge in [0, 0.05) is 10.6 Å². The second kappa shape index (κ2) is 9.30. The van der Waals surface area contributed by atoms with Crippen LogP contribution in [-0.4, -0.2) is 19.2 Å². The van der Waals surface area contributed by atoms with Gasteiger partial charge in [0.15, 0.2) is 5.76 Å². The molecule has 0 aliphatic heterocycles. The number of nitrogens with zero attached hydrogens (tertiary/aromatic N) is 1. The van der Waals surface area contributed by atoms with E-state index in [4.69, 9.17) is 25.5 Å². The summed E-state index contributed by atoms with van der Waals surface area (Å²) in [5.41, 5.74) is 5.97. The largest absolute Gasteiger partial charge is 0.496 e. The molecule has 2 aromatic carbocycles. The predicted octanol–water partition coefficient (Wildman–Crippen LogP) is 4.90. The fourth-order valence-electron chi connectivity index (χ4n) is 2.77. The van der Waals surface area contributed by atoms with Crippen LogP contribution in [0.5, 0.6) is 11.5 Å². The van der Waals surface area contributed by atoms with E-state index >= 15 is 0 Å². The number of ether oxygens (including phenoxy) is 2. The van der Waals surface area contributed by atoms with E-state index in [2.05, 4.69) is 10.5 Å². The van der Waals surface area contributed by atoms with E-state index in [1.54, 1.807) is 25.5 Å². The zero-order valence-electron chi connectivity index (χ0n) is 16.4. The molecule has 1 aromatic heterocycles. The van der Waals surface area contributed by atoms with Crippen molar-refractivity contribution in [1.29, 1.82) is 0 Å². The molecule has 0 bridgehead atoms. The molecule has 0 aliphatic rings. The molecule has 1 amide bonds. The van der Waals surface area contributed by atoms with Gasteiger partial charge in [0.05, 0.1) is 19.6 Å². The molecule has 0 radical (unpaired) electrons. The van der Waals surface area contributed by atoms with Crippen LogP contribution in [0.25, 0.3) is 0 Å². The van der Waals surface area contributed by atoms with E-state index in [0.29, 0.717) is 12.4 Å². The molecule has 0 unspecified atom stereocenters. The zero-order chi connectivity index (χ0) is 20.8. The number of hydrazone groups is 1. The van der Waals surface area contributed by atoms with Crippen LogP contribution in [0.3, 0.4) is 0 Å². The molecule has 3 rings (SSSR count). The van der Waals surface area contributed by atoms with Crippen molar-refractivity contribution in [3.63, 3.8) is 0 Å². The number of rotatable bonds is 7. The minimum Gasteiger partial charge on any atom is -0.496 e. The summed E-state index contributed by atoms with van der Waals surface area (Å²) in [5, 5.41) is 4.70. The van der Waals surface area contributed by atoms with Crippen molar-refractivity contribution in [3.8, 4) is 11.5 Å². The molecular weight excluding hydrogens is 392 g/mol. The van der Waals surface area contributed by atoms with Gasteiger partial charge in [-0.05, 0) is 73.0 Å². The first kappa shape index (κ1) is 20.5. The second-order valence-corrected chi connectivity index (χ2v) is 6.79. The van der Waals surface area contributed by atoms with Crippen molar-refractivity contribution in [2.75, 3.05) is 7.11 Å². The van der Waals surface area contributed by atoms with Crippen molar-refractivity contribution >= 4 is 23.7 Å². The highest BCUT2D eigenvalue weighted by Gasteiger charge is 2.09. The van der Waals surface area contributed by atoms with Gasteiger partial charge in [-0.2, -0.15) is 5.10 Å². The van der Waals surface area contributed by atoms with E-state index in [1.165, 1.54) is 6.26 Å². The Morgan fingerprint density at radius 3 is 2.62 bits per heavy atom. The van der Waals surface area contributed by atoms with E-state index in [-0.39, 0.29) is 5.76 Å². The topological polar surface area (TPSA) is 73.1 Å². The number of aryl methyl sites for hydroxylation is 2. The third-order valence-corrected chi connectivity index (χ3v) is 4.83. The maximum atomic E-state index is 11.8. The molecule has 0 aliphatic carbocycles. The highest BCUT2D eigenvalue weighted by atomic mass is 35.5. The Bertz CT molecular complexity index is 1010. The van der Waals surface area contributed by atoms with Gasteiger partial charge >= 0.3 is 5.91 Å². The van der Waals surface area contributed by atoms with E-state index < -0.39 is 5.91 Å². The van der Waals surface area contributed by atoms with Crippen molar-refractivity contribution in [3.05, 3.63) is 81.8 Å². The van der Waals surface area contributed by atoms with Crippen LogP contribution in [0.2, 0.25) is 5.02 Å². The Kier molecular flexibility index (Phi) is 6.57. The zero-order valence-corrected chi connectivity index (χ0v) is 17.1. The number of nitrogens with one attached hydrogen (secondary N) is 1. The number of hydrogen-bond donors (Lipinski definition) is 1. The smallest absolute Gasteiger partial charge is 0.307 e. The lowest BCUT2D eigenvalue weighted by molar-refractivity contribution is 0.0927. The summed E-state index contributed by atoms with van der Waals surface area (Å²) < 4.78 is 16.4. The number of halogens is 1. The summed E-state index contributed by atoms with van der Waals surface area (Å²) in [5.74, 6) is 1.21. The fraction of sp³-hybridized carbons (Fsp3) is 0.182. The molecule has 0 fully saturated rings. The quantitative estimate of drug-likeness (QED) is 0.442. The Hall–Kier alpha value is -3.25. The highest BCUT2D eigenvalue weighted by molar-refractivity contribution is 6.32. The fourth-order valence-corrected chi connectivity index (χ4v) is 2.88. The van der Waals surface area contributed by atoms with Gasteiger partial charge in [-0.25, -0.2) is 5.43 Å². The molecule has 0 spiro atoms. The third kappa shape index (κ3) is 5.18. The van der Waals surface area contributed by atoms with Crippen LogP contribution >= 0.6 is 11.6 Å². The minimum atomic E-state index is -0.420. The summed E-state index contributed by atoms with van der Waals surface area (Å²) >= 11 is 6.21. The van der Waals surface area contributed by atoms with E-state index in [1.807, 2.05) is 44.2 Å². The van der Waals surface area contributed by atoms with Crippen LogP contribution in [0.1, 0.15) is 32.8 Å². The Morgan fingerprint density at radius 1 is 1.21 bits per heavy atom. The lowest BCUT2D eigenvalue weighted by Crippen LogP contribution is -2.16. The molecule has 29 heavy (non-hydrogen) atoms. The normalized spacial score (nSPS) is 10.9. The number of carbonyl (C=O) groups is 1. The molecule has 0 atom stereocenters. The average molecular weight is 413 g/mol. The maximum absolute atomic E-state index is 11.8. The first-order valence-corrected chi connectivity index (χ1v) is 9.29. The second-order valence-electron chi connectivity index (χ2n) is 6.41. The van der Waals surface area contributed by atoms with Crippen molar-refractivity contribution in [2.45, 2.75) is 20.5 Å². The number of amides is 1. The minimum absolute atomic E-state index is 0.194. The molecule has 3 aromatic rings. The van der Waals surface area contributed by atoms with Crippen LogP contribution in [0.15, 0.2) is 58.2 Å². The SMILES string of the molecule is COc1ccc(/C=N/NC(=O)c2ccco2)cc1COc1cc(C)c(Cl)c(C)c1. The summed E-state index contributed by atoms with van der Waals surface area (Å²) in [6, 6.07) is 12.5. The predicted molar refractivity (Wildman–Crippen MR) is 112 cm³/mol. The monoisotopic (exact) mass is 412 g/mol. The third-order valence-electron chi connectivity index (χ3n) is 4.23. The number of carbonyl (C=O) groups excluding carboxylic acids is 1. The molecular formula is C22H21ClN2O4. The van der Waals surface area contributed by atoms with Gasteiger partial charge < -0.3 is 13.9 Å². The number of furan rings is 1. The van der Waals surface area contributed by atoms with Crippen LogP contribution in [0.4, 0.5) is 0 Å². The summed E-state index contributed by atoms with van der Waals surface area (Å²) in [6.45, 7) is 4.19. The molecule has 6 nitrogen and oxygen atoms in total. The highest BCUT2D eigenvalue weighted by Crippen LogP contribution is 2.27. The van der Waals surface area contributed by atoms with E-state index in [9.17, 15) is 4.79 Å². The average Bonchev–Trinajstić information content (AvgIpc) is 3.25. The molecule has 7 heteroatoms. The lowest BCUT2D eigenvalue weighted by Gasteiger charge is -2.13.